The Bertz CT molecular complexity index is 469. The lowest BCUT2D eigenvalue weighted by atomic mass is 9.82. The molecule has 2 bridgehead atoms. The van der Waals surface area contributed by atoms with Gasteiger partial charge < -0.3 is 19.1 Å². The molecule has 1 aliphatic carbocycles. The van der Waals surface area contributed by atoms with Crippen molar-refractivity contribution in [2.45, 2.75) is 62.6 Å². The third kappa shape index (κ3) is 2.34. The Morgan fingerprint density at radius 2 is 2.40 bits per heavy atom. The lowest BCUT2D eigenvalue weighted by Crippen LogP contribution is -2.48. The zero-order chi connectivity index (χ0) is 14.2. The summed E-state index contributed by atoms with van der Waals surface area (Å²) in [5.41, 5.74) is -0.369. The maximum atomic E-state index is 11.1. The number of hydrogen-bond donors (Lipinski definition) is 0. The van der Waals surface area contributed by atoms with Crippen LogP contribution in [-0.4, -0.2) is 42.5 Å². The molecule has 0 N–H and O–H groups in total. The van der Waals surface area contributed by atoms with E-state index in [0.717, 1.165) is 25.7 Å². The van der Waals surface area contributed by atoms with Crippen molar-refractivity contribution >= 4 is 5.97 Å². The Morgan fingerprint density at radius 3 is 3.15 bits per heavy atom. The van der Waals surface area contributed by atoms with Crippen LogP contribution in [0.15, 0.2) is 12.2 Å². The fourth-order valence-corrected chi connectivity index (χ4v) is 3.47. The average molecular weight is 277 g/mol. The van der Waals surface area contributed by atoms with E-state index >= 15 is 0 Å². The smallest absolute Gasteiger partial charge is 0.303 e. The zero-order valence-electron chi connectivity index (χ0n) is 11.6. The van der Waals surface area contributed by atoms with E-state index in [2.05, 4.69) is 4.85 Å². The molecule has 0 saturated carbocycles. The van der Waals surface area contributed by atoms with E-state index in [1.807, 2.05) is 12.2 Å². The number of hydrogen-bond acceptors (Lipinski definition) is 4. The molecule has 0 aromatic heterocycles. The van der Waals surface area contributed by atoms with Crippen LogP contribution in [0.2, 0.25) is 0 Å². The summed E-state index contributed by atoms with van der Waals surface area (Å²) >= 11 is 0. The Hall–Kier alpha value is -1.38. The third-order valence-corrected chi connectivity index (χ3v) is 4.34. The van der Waals surface area contributed by atoms with Crippen LogP contribution < -0.4 is 0 Å². The highest BCUT2D eigenvalue weighted by molar-refractivity contribution is 5.66. The van der Waals surface area contributed by atoms with Gasteiger partial charge in [-0.2, -0.15) is 0 Å². The van der Waals surface area contributed by atoms with Crippen LogP contribution in [0, 0.1) is 6.57 Å². The van der Waals surface area contributed by atoms with Crippen LogP contribution in [0.3, 0.4) is 0 Å². The van der Waals surface area contributed by atoms with Gasteiger partial charge >= 0.3 is 5.97 Å². The van der Waals surface area contributed by atoms with Gasteiger partial charge in [-0.3, -0.25) is 4.79 Å². The van der Waals surface area contributed by atoms with Crippen molar-refractivity contribution < 1.29 is 19.0 Å². The molecule has 2 fully saturated rings. The number of carbonyl (C=O) groups is 1. The van der Waals surface area contributed by atoms with Gasteiger partial charge in [-0.15, -0.1) is 0 Å². The molecule has 1 spiro atoms. The lowest BCUT2D eigenvalue weighted by Gasteiger charge is -2.40. The molecule has 0 amide bonds. The van der Waals surface area contributed by atoms with Crippen LogP contribution in [0.5, 0.6) is 0 Å². The Morgan fingerprint density at radius 1 is 1.55 bits per heavy atom. The van der Waals surface area contributed by atoms with Crippen molar-refractivity contribution in [3.8, 4) is 0 Å². The summed E-state index contributed by atoms with van der Waals surface area (Å²) < 4.78 is 17.5. The molecule has 3 rings (SSSR count). The van der Waals surface area contributed by atoms with Crippen LogP contribution in [-0.2, 0) is 19.0 Å². The Labute approximate surface area is 118 Å². The second kappa shape index (κ2) is 5.19. The molecule has 0 radical (unpaired) electrons. The minimum atomic E-state index is -0.369. The largest absolute Gasteiger partial charge is 0.456 e. The van der Waals surface area contributed by atoms with E-state index in [1.165, 1.54) is 6.92 Å². The lowest BCUT2D eigenvalue weighted by molar-refractivity contribution is -0.152. The summed E-state index contributed by atoms with van der Waals surface area (Å²) in [6.45, 7) is 8.80. The molecule has 0 aromatic carbocycles. The van der Waals surface area contributed by atoms with Crippen LogP contribution in [0.1, 0.15) is 32.6 Å². The Kier molecular flexibility index (Phi) is 3.53. The second-order valence-corrected chi connectivity index (χ2v) is 5.74. The van der Waals surface area contributed by atoms with Crippen molar-refractivity contribution in [1.29, 1.82) is 0 Å². The van der Waals surface area contributed by atoms with Gasteiger partial charge in [0, 0.05) is 19.8 Å². The van der Waals surface area contributed by atoms with Crippen LogP contribution >= 0.6 is 0 Å². The summed E-state index contributed by atoms with van der Waals surface area (Å²) in [4.78, 5) is 14.5. The highest BCUT2D eigenvalue weighted by Crippen LogP contribution is 2.47. The molecule has 20 heavy (non-hydrogen) atoms. The maximum Gasteiger partial charge on any atom is 0.303 e. The minimum Gasteiger partial charge on any atom is -0.456 e. The fourth-order valence-electron chi connectivity index (χ4n) is 3.47. The van der Waals surface area contributed by atoms with Crippen LogP contribution in [0.4, 0.5) is 0 Å². The SMILES string of the molecule is [C-]#[N+]CC[C@H]1CC[C@@H]2O[C@@H]3CC2(C=C[C@H]3OC(C)=O)O1. The highest BCUT2D eigenvalue weighted by Gasteiger charge is 2.55. The fraction of sp³-hybridized carbons (Fsp3) is 0.733. The van der Waals surface area contributed by atoms with E-state index in [0.29, 0.717) is 6.54 Å². The molecule has 2 aliphatic heterocycles. The van der Waals surface area contributed by atoms with E-state index in [1.54, 1.807) is 0 Å². The molecule has 5 atom stereocenters. The van der Waals surface area contributed by atoms with E-state index in [4.69, 9.17) is 20.8 Å². The van der Waals surface area contributed by atoms with E-state index in [9.17, 15) is 4.79 Å². The maximum absolute atomic E-state index is 11.1. The van der Waals surface area contributed by atoms with E-state index < -0.39 is 0 Å². The molecule has 1 unspecified atom stereocenters. The van der Waals surface area contributed by atoms with Crippen molar-refractivity contribution in [3.63, 3.8) is 0 Å². The monoisotopic (exact) mass is 277 g/mol. The molecule has 5 heteroatoms. The van der Waals surface area contributed by atoms with Gasteiger partial charge in [0.1, 0.15) is 17.8 Å². The second-order valence-electron chi connectivity index (χ2n) is 5.74. The number of rotatable bonds is 3. The topological polar surface area (TPSA) is 49.1 Å². The van der Waals surface area contributed by atoms with Crippen molar-refractivity contribution in [2.24, 2.45) is 0 Å². The summed E-state index contributed by atoms with van der Waals surface area (Å²) in [6.07, 6.45) is 7.08. The molecule has 2 heterocycles. The minimum absolute atomic E-state index is 0.0495. The molecular formula is C15H19NO4. The molecule has 2 saturated heterocycles. The van der Waals surface area contributed by atoms with Crippen molar-refractivity contribution in [1.82, 2.24) is 0 Å². The molecule has 108 valence electrons. The first-order valence-electron chi connectivity index (χ1n) is 7.16. The van der Waals surface area contributed by atoms with Gasteiger partial charge in [-0.25, -0.2) is 6.57 Å². The van der Waals surface area contributed by atoms with Gasteiger partial charge in [-0.05, 0) is 18.9 Å². The molecule has 0 aromatic rings. The van der Waals surface area contributed by atoms with Crippen molar-refractivity contribution in [3.05, 3.63) is 23.6 Å². The molecule has 5 nitrogen and oxygen atoms in total. The zero-order valence-corrected chi connectivity index (χ0v) is 11.6. The number of nitrogens with zero attached hydrogens (tertiary/aromatic N) is 1. The van der Waals surface area contributed by atoms with Crippen molar-refractivity contribution in [2.75, 3.05) is 6.54 Å². The highest BCUT2D eigenvalue weighted by atomic mass is 16.6. The van der Waals surface area contributed by atoms with Gasteiger partial charge in [0.2, 0.25) is 6.54 Å². The van der Waals surface area contributed by atoms with Gasteiger partial charge in [0.25, 0.3) is 0 Å². The predicted octanol–water partition coefficient (Wildman–Crippen LogP) is 1.87. The quantitative estimate of drug-likeness (QED) is 0.449. The molecule has 3 aliphatic rings. The summed E-state index contributed by atoms with van der Waals surface area (Å²) in [5.74, 6) is -0.287. The Balaban J connectivity index is 1.71. The summed E-state index contributed by atoms with van der Waals surface area (Å²) in [5, 5.41) is 0. The first-order chi connectivity index (χ1) is 9.63. The third-order valence-electron chi connectivity index (χ3n) is 4.34. The normalized spacial score (nSPS) is 41.8. The van der Waals surface area contributed by atoms with Gasteiger partial charge in [-0.1, -0.05) is 6.08 Å². The van der Waals surface area contributed by atoms with Gasteiger partial charge in [0.05, 0.1) is 12.2 Å². The number of carbonyl (C=O) groups excluding carboxylic acids is 1. The van der Waals surface area contributed by atoms with E-state index in [-0.39, 0.29) is 36.0 Å². The first-order valence-corrected chi connectivity index (χ1v) is 7.16. The van der Waals surface area contributed by atoms with Gasteiger partial charge in [0.15, 0.2) is 0 Å². The van der Waals surface area contributed by atoms with Crippen LogP contribution in [0.25, 0.3) is 4.85 Å². The predicted molar refractivity (Wildman–Crippen MR) is 70.9 cm³/mol. The standard InChI is InChI=1S/C15H19NO4/c1-10(17)18-12-5-7-15-9-13(12)19-14(15)4-3-11(20-15)6-8-16-2/h5,7,11-14H,3-4,6,8-9H2,1H3/t11-,12-,13-,14+,15?/m1/s1. The first kappa shape index (κ1) is 13.6. The average Bonchev–Trinajstić information content (AvgIpc) is 2.72. The number of ether oxygens (including phenoxy) is 3. The number of fused-ring (bicyclic) bond motifs is 1. The molecular weight excluding hydrogens is 258 g/mol. The summed E-state index contributed by atoms with van der Waals surface area (Å²) in [7, 11) is 0. The summed E-state index contributed by atoms with van der Waals surface area (Å²) in [6, 6.07) is 0. The number of esters is 1.